The van der Waals surface area contributed by atoms with Gasteiger partial charge in [0.2, 0.25) is 0 Å². The zero-order chi connectivity index (χ0) is 18.8. The number of hydrogen-bond acceptors (Lipinski definition) is 3. The van der Waals surface area contributed by atoms with Gasteiger partial charge in [-0.05, 0) is 82.0 Å². The lowest BCUT2D eigenvalue weighted by Gasteiger charge is -2.42. The molecule has 0 aliphatic carbocycles. The number of aryl methyl sites for hydroxylation is 1. The zero-order valence-corrected chi connectivity index (χ0v) is 15.6. The maximum Gasteiger partial charge on any atom is 0.255 e. The highest BCUT2D eigenvalue weighted by Crippen LogP contribution is 2.35. The number of rotatable bonds is 3. The molecule has 1 saturated heterocycles. The second-order valence-corrected chi connectivity index (χ2v) is 7.22. The minimum absolute atomic E-state index is 0.300. The van der Waals surface area contributed by atoms with Gasteiger partial charge < -0.3 is 16.0 Å². The van der Waals surface area contributed by atoms with E-state index in [1.54, 1.807) is 0 Å². The summed E-state index contributed by atoms with van der Waals surface area (Å²) in [5.74, 6) is -0.669. The number of carbonyl (C=O) groups excluding carboxylic acids is 1. The van der Waals surface area contributed by atoms with Crippen LogP contribution in [0.25, 0.3) is 0 Å². The number of nitrogens with one attached hydrogen (secondary N) is 1. The summed E-state index contributed by atoms with van der Waals surface area (Å²) in [7, 11) is 0. The molecule has 26 heavy (non-hydrogen) atoms. The Hall–Kier alpha value is -2.56. The van der Waals surface area contributed by atoms with Crippen molar-refractivity contribution in [2.45, 2.75) is 52.1 Å². The van der Waals surface area contributed by atoms with E-state index < -0.39 is 0 Å². The van der Waals surface area contributed by atoms with Crippen molar-refractivity contribution in [3.8, 4) is 0 Å². The molecule has 2 aromatic rings. The van der Waals surface area contributed by atoms with E-state index in [1.807, 2.05) is 19.1 Å². The van der Waals surface area contributed by atoms with Gasteiger partial charge in [-0.3, -0.25) is 4.79 Å². The lowest BCUT2D eigenvalue weighted by Crippen LogP contribution is -2.44. The Morgan fingerprint density at radius 1 is 1.15 bits per heavy atom. The number of hydrogen-bond donors (Lipinski definition) is 2. The molecular formula is C21H26FN3O. The van der Waals surface area contributed by atoms with Crippen LogP contribution in [-0.2, 0) is 0 Å². The topological polar surface area (TPSA) is 58.4 Å². The molecule has 1 heterocycles. The molecule has 1 fully saturated rings. The van der Waals surface area contributed by atoms with E-state index in [4.69, 9.17) is 5.73 Å². The van der Waals surface area contributed by atoms with Crippen LogP contribution in [0.2, 0.25) is 0 Å². The van der Waals surface area contributed by atoms with Crippen molar-refractivity contribution in [1.29, 1.82) is 0 Å². The largest absolute Gasteiger partial charge is 0.397 e. The van der Waals surface area contributed by atoms with Crippen LogP contribution in [0, 0.1) is 12.7 Å². The standard InChI is InChI=1S/C21H26FN3O/c1-13-11-18(23)19(24-21(26)16-7-9-17(22)10-8-16)12-20(13)25-14(2)5-4-6-15(25)3/h7-12,14-15H,4-6,23H2,1-3H3,(H,24,26)/t14-,15-/m0/s1. The first-order valence-corrected chi connectivity index (χ1v) is 9.12. The highest BCUT2D eigenvalue weighted by molar-refractivity contribution is 6.06. The smallest absolute Gasteiger partial charge is 0.255 e. The predicted molar refractivity (Wildman–Crippen MR) is 105 cm³/mol. The fraction of sp³-hybridized carbons (Fsp3) is 0.381. The maximum atomic E-state index is 13.1. The lowest BCUT2D eigenvalue weighted by atomic mass is 9.95. The van der Waals surface area contributed by atoms with Gasteiger partial charge in [0.15, 0.2) is 0 Å². The number of nitrogens with zero attached hydrogens (tertiary/aromatic N) is 1. The fourth-order valence-corrected chi connectivity index (χ4v) is 3.80. The lowest BCUT2D eigenvalue weighted by molar-refractivity contribution is 0.102. The van der Waals surface area contributed by atoms with Crippen LogP contribution in [0.3, 0.4) is 0 Å². The van der Waals surface area contributed by atoms with Gasteiger partial charge in [0.05, 0.1) is 11.4 Å². The first-order chi connectivity index (χ1) is 12.4. The first kappa shape index (κ1) is 18.2. The maximum absolute atomic E-state index is 13.1. The molecule has 3 rings (SSSR count). The van der Waals surface area contributed by atoms with E-state index in [9.17, 15) is 9.18 Å². The van der Waals surface area contributed by atoms with Crippen molar-refractivity contribution in [1.82, 2.24) is 0 Å². The molecule has 2 aromatic carbocycles. The van der Waals surface area contributed by atoms with Gasteiger partial charge in [-0.2, -0.15) is 0 Å². The van der Waals surface area contributed by atoms with E-state index >= 15 is 0 Å². The van der Waals surface area contributed by atoms with Gasteiger partial charge in [-0.25, -0.2) is 4.39 Å². The van der Waals surface area contributed by atoms with Crippen LogP contribution in [0.1, 0.15) is 49.0 Å². The third kappa shape index (κ3) is 3.66. The molecule has 0 aromatic heterocycles. The van der Waals surface area contributed by atoms with Crippen molar-refractivity contribution in [2.75, 3.05) is 16.0 Å². The Morgan fingerprint density at radius 3 is 2.38 bits per heavy atom. The molecule has 0 unspecified atom stereocenters. The number of nitrogens with two attached hydrogens (primary N) is 1. The third-order valence-electron chi connectivity index (χ3n) is 5.19. The monoisotopic (exact) mass is 355 g/mol. The SMILES string of the molecule is Cc1cc(N)c(NC(=O)c2ccc(F)cc2)cc1N1[C@@H](C)CCC[C@@H]1C. The Kier molecular flexibility index (Phi) is 5.16. The average molecular weight is 355 g/mol. The fourth-order valence-electron chi connectivity index (χ4n) is 3.80. The summed E-state index contributed by atoms with van der Waals surface area (Å²) >= 11 is 0. The zero-order valence-electron chi connectivity index (χ0n) is 15.6. The van der Waals surface area contributed by atoms with Crippen molar-refractivity contribution >= 4 is 23.0 Å². The summed E-state index contributed by atoms with van der Waals surface area (Å²) in [5.41, 5.74) is 9.86. The highest BCUT2D eigenvalue weighted by Gasteiger charge is 2.26. The minimum Gasteiger partial charge on any atom is -0.397 e. The van der Waals surface area contributed by atoms with Gasteiger partial charge in [0.25, 0.3) is 5.91 Å². The molecule has 0 radical (unpaired) electrons. The van der Waals surface area contributed by atoms with Gasteiger partial charge in [-0.15, -0.1) is 0 Å². The quantitative estimate of drug-likeness (QED) is 0.782. The van der Waals surface area contributed by atoms with E-state index in [-0.39, 0.29) is 11.7 Å². The van der Waals surface area contributed by atoms with Gasteiger partial charge in [0, 0.05) is 23.3 Å². The molecule has 5 heteroatoms. The summed E-state index contributed by atoms with van der Waals surface area (Å²) in [4.78, 5) is 14.9. The van der Waals surface area contributed by atoms with Crippen LogP contribution in [0.5, 0.6) is 0 Å². The molecular weight excluding hydrogens is 329 g/mol. The second kappa shape index (κ2) is 7.36. The van der Waals surface area contributed by atoms with Gasteiger partial charge in [0.1, 0.15) is 5.82 Å². The summed E-state index contributed by atoms with van der Waals surface area (Å²) in [5, 5.41) is 2.87. The number of anilines is 3. The Balaban J connectivity index is 1.90. The first-order valence-electron chi connectivity index (χ1n) is 9.12. The molecule has 138 valence electrons. The van der Waals surface area contributed by atoms with Crippen LogP contribution in [0.15, 0.2) is 36.4 Å². The third-order valence-corrected chi connectivity index (χ3v) is 5.19. The summed E-state index contributed by atoms with van der Waals surface area (Å²) in [6.45, 7) is 6.52. The van der Waals surface area contributed by atoms with E-state index in [2.05, 4.69) is 24.1 Å². The number of piperidine rings is 1. The Labute approximate surface area is 154 Å². The number of nitrogen functional groups attached to an aromatic ring is 1. The summed E-state index contributed by atoms with van der Waals surface area (Å²) in [6, 6.07) is 10.2. The van der Waals surface area contributed by atoms with Gasteiger partial charge >= 0.3 is 0 Å². The molecule has 0 spiro atoms. The van der Waals surface area contributed by atoms with Crippen molar-refractivity contribution in [3.05, 3.63) is 53.3 Å². The van der Waals surface area contributed by atoms with Crippen molar-refractivity contribution < 1.29 is 9.18 Å². The van der Waals surface area contributed by atoms with Crippen LogP contribution in [-0.4, -0.2) is 18.0 Å². The molecule has 1 aliphatic rings. The molecule has 4 nitrogen and oxygen atoms in total. The number of halogens is 1. The van der Waals surface area contributed by atoms with Gasteiger partial charge in [-0.1, -0.05) is 0 Å². The van der Waals surface area contributed by atoms with Crippen molar-refractivity contribution in [2.24, 2.45) is 0 Å². The molecule has 0 saturated carbocycles. The summed E-state index contributed by atoms with van der Waals surface area (Å²) in [6.07, 6.45) is 3.55. The molecule has 1 aliphatic heterocycles. The van der Waals surface area contributed by atoms with Crippen LogP contribution < -0.4 is 16.0 Å². The summed E-state index contributed by atoms with van der Waals surface area (Å²) < 4.78 is 13.1. The highest BCUT2D eigenvalue weighted by atomic mass is 19.1. The number of carbonyl (C=O) groups is 1. The predicted octanol–water partition coefficient (Wildman–Crippen LogP) is 4.74. The minimum atomic E-state index is -0.369. The van der Waals surface area contributed by atoms with E-state index in [0.717, 1.165) is 24.1 Å². The van der Waals surface area contributed by atoms with Crippen LogP contribution in [0.4, 0.5) is 21.5 Å². The Morgan fingerprint density at radius 2 is 1.77 bits per heavy atom. The van der Waals surface area contributed by atoms with Crippen LogP contribution >= 0.6 is 0 Å². The normalized spacial score (nSPS) is 20.1. The molecule has 3 N–H and O–H groups in total. The second-order valence-electron chi connectivity index (χ2n) is 7.22. The average Bonchev–Trinajstić information content (AvgIpc) is 2.59. The Bertz CT molecular complexity index is 794. The molecule has 1 amide bonds. The van der Waals surface area contributed by atoms with E-state index in [0.29, 0.717) is 29.0 Å². The molecule has 2 atom stereocenters. The molecule has 0 bridgehead atoms. The van der Waals surface area contributed by atoms with Crippen molar-refractivity contribution in [3.63, 3.8) is 0 Å². The number of amides is 1. The van der Waals surface area contributed by atoms with E-state index in [1.165, 1.54) is 30.7 Å². The number of benzene rings is 2.